The van der Waals surface area contributed by atoms with Gasteiger partial charge >= 0.3 is 6.18 Å². The first-order chi connectivity index (χ1) is 10.7. The van der Waals surface area contributed by atoms with E-state index in [1.807, 2.05) is 31.2 Å². The lowest BCUT2D eigenvalue weighted by Gasteiger charge is -2.16. The van der Waals surface area contributed by atoms with E-state index in [1.165, 1.54) is 0 Å². The zero-order valence-electron chi connectivity index (χ0n) is 12.5. The van der Waals surface area contributed by atoms with E-state index in [-0.39, 0.29) is 11.6 Å². The topological polar surface area (TPSA) is 62.0 Å². The summed E-state index contributed by atoms with van der Waals surface area (Å²) in [6, 6.07) is 8.55. The second-order valence-electron chi connectivity index (χ2n) is 5.16. The van der Waals surface area contributed by atoms with Gasteiger partial charge in [0, 0.05) is 0 Å². The number of aromatic amines is 1. The van der Waals surface area contributed by atoms with Crippen LogP contribution in [-0.2, 0) is 6.18 Å². The molecule has 0 bridgehead atoms. The van der Waals surface area contributed by atoms with Gasteiger partial charge in [-0.15, -0.1) is 0 Å². The number of hydrogen-bond donors (Lipinski definition) is 2. The van der Waals surface area contributed by atoms with Crippen LogP contribution in [0.4, 0.5) is 13.2 Å². The quantitative estimate of drug-likeness (QED) is 0.911. The molecule has 1 amide bonds. The van der Waals surface area contributed by atoms with Gasteiger partial charge in [0.25, 0.3) is 11.5 Å². The first-order valence-corrected chi connectivity index (χ1v) is 6.87. The lowest BCUT2D eigenvalue weighted by atomic mass is 10.0. The standard InChI is InChI=1S/C16H15F3N2O2/c1-9-5-3-4-6-11(9)10(2)20-14(22)12-7-8-13(16(17,18)19)21-15(12)23/h3-8,10H,1-2H3,(H,20,22)(H,21,23). The molecule has 23 heavy (non-hydrogen) atoms. The molecule has 2 aromatic rings. The van der Waals surface area contributed by atoms with E-state index in [0.717, 1.165) is 17.2 Å². The number of rotatable bonds is 3. The van der Waals surface area contributed by atoms with E-state index in [1.54, 1.807) is 11.9 Å². The van der Waals surface area contributed by atoms with Crippen LogP contribution < -0.4 is 10.9 Å². The molecule has 0 saturated heterocycles. The van der Waals surface area contributed by atoms with Gasteiger partial charge in [0.2, 0.25) is 0 Å². The molecule has 0 saturated carbocycles. The molecule has 1 heterocycles. The van der Waals surface area contributed by atoms with Crippen LogP contribution in [0.25, 0.3) is 0 Å². The van der Waals surface area contributed by atoms with Gasteiger partial charge in [-0.25, -0.2) is 0 Å². The number of aromatic nitrogens is 1. The highest BCUT2D eigenvalue weighted by atomic mass is 19.4. The number of H-pyrrole nitrogens is 1. The van der Waals surface area contributed by atoms with Crippen molar-refractivity contribution in [2.45, 2.75) is 26.1 Å². The Morgan fingerprint density at radius 2 is 1.83 bits per heavy atom. The molecular formula is C16H15F3N2O2. The third-order valence-corrected chi connectivity index (χ3v) is 3.46. The number of carbonyl (C=O) groups excluding carboxylic acids is 1. The van der Waals surface area contributed by atoms with Gasteiger partial charge in [0.05, 0.1) is 6.04 Å². The number of benzene rings is 1. The SMILES string of the molecule is Cc1ccccc1C(C)NC(=O)c1ccc(C(F)(F)F)[nH]c1=O. The van der Waals surface area contributed by atoms with Crippen molar-refractivity contribution in [1.82, 2.24) is 10.3 Å². The fraction of sp³-hybridized carbons (Fsp3) is 0.250. The van der Waals surface area contributed by atoms with E-state index >= 15 is 0 Å². The minimum Gasteiger partial charge on any atom is -0.345 e. The van der Waals surface area contributed by atoms with E-state index in [0.29, 0.717) is 6.07 Å². The van der Waals surface area contributed by atoms with Crippen LogP contribution in [0.5, 0.6) is 0 Å². The van der Waals surface area contributed by atoms with E-state index < -0.39 is 23.3 Å². The Morgan fingerprint density at radius 3 is 2.39 bits per heavy atom. The van der Waals surface area contributed by atoms with Crippen molar-refractivity contribution in [3.8, 4) is 0 Å². The molecule has 4 nitrogen and oxygen atoms in total. The predicted molar refractivity (Wildman–Crippen MR) is 79.1 cm³/mol. The Labute approximate surface area is 130 Å². The molecule has 0 aliphatic heterocycles. The maximum Gasteiger partial charge on any atom is 0.431 e. The maximum absolute atomic E-state index is 12.5. The Balaban J connectivity index is 2.22. The van der Waals surface area contributed by atoms with Crippen LogP contribution in [0.15, 0.2) is 41.2 Å². The van der Waals surface area contributed by atoms with Gasteiger partial charge in [-0.2, -0.15) is 13.2 Å². The molecule has 7 heteroatoms. The van der Waals surface area contributed by atoms with E-state index in [4.69, 9.17) is 0 Å². The zero-order valence-corrected chi connectivity index (χ0v) is 12.5. The molecule has 1 atom stereocenters. The molecule has 2 N–H and O–H groups in total. The minimum atomic E-state index is -4.66. The first-order valence-electron chi connectivity index (χ1n) is 6.87. The van der Waals surface area contributed by atoms with E-state index in [2.05, 4.69) is 5.32 Å². The predicted octanol–water partition coefficient (Wildman–Crippen LogP) is 3.19. The Bertz CT molecular complexity index is 781. The molecule has 0 fully saturated rings. The monoisotopic (exact) mass is 324 g/mol. The van der Waals surface area contributed by atoms with E-state index in [9.17, 15) is 22.8 Å². The number of pyridine rings is 1. The molecular weight excluding hydrogens is 309 g/mol. The van der Waals surface area contributed by atoms with Crippen LogP contribution >= 0.6 is 0 Å². The molecule has 1 aromatic carbocycles. The van der Waals surface area contributed by atoms with Crippen molar-refractivity contribution in [1.29, 1.82) is 0 Å². The van der Waals surface area contributed by atoms with Crippen LogP contribution in [0, 0.1) is 6.92 Å². The summed E-state index contributed by atoms with van der Waals surface area (Å²) in [7, 11) is 0. The largest absolute Gasteiger partial charge is 0.431 e. The lowest BCUT2D eigenvalue weighted by Crippen LogP contribution is -2.32. The summed E-state index contributed by atoms with van der Waals surface area (Å²) in [6.45, 7) is 3.61. The van der Waals surface area contributed by atoms with Crippen molar-refractivity contribution in [2.24, 2.45) is 0 Å². The number of halogens is 3. The molecule has 122 valence electrons. The molecule has 0 spiro atoms. The van der Waals surface area contributed by atoms with Gasteiger partial charge in [-0.1, -0.05) is 24.3 Å². The van der Waals surface area contributed by atoms with Crippen LogP contribution in [0.3, 0.4) is 0 Å². The van der Waals surface area contributed by atoms with Crippen molar-refractivity contribution in [3.05, 3.63) is 69.1 Å². The third kappa shape index (κ3) is 3.80. The molecule has 1 unspecified atom stereocenters. The minimum absolute atomic E-state index is 0.363. The van der Waals surface area contributed by atoms with Crippen molar-refractivity contribution in [3.63, 3.8) is 0 Å². The average Bonchev–Trinajstić information content (AvgIpc) is 2.46. The van der Waals surface area contributed by atoms with Gasteiger partial charge in [-0.05, 0) is 37.1 Å². The molecule has 0 aliphatic rings. The first kappa shape index (κ1) is 16.8. The fourth-order valence-electron chi connectivity index (χ4n) is 2.24. The maximum atomic E-state index is 12.5. The second kappa shape index (κ2) is 6.28. The summed E-state index contributed by atoms with van der Waals surface area (Å²) in [6.07, 6.45) is -4.66. The second-order valence-corrected chi connectivity index (χ2v) is 5.16. The average molecular weight is 324 g/mol. The van der Waals surface area contributed by atoms with Crippen molar-refractivity contribution in [2.75, 3.05) is 0 Å². The van der Waals surface area contributed by atoms with Crippen molar-refractivity contribution < 1.29 is 18.0 Å². The van der Waals surface area contributed by atoms with Crippen molar-refractivity contribution >= 4 is 5.91 Å². The summed E-state index contributed by atoms with van der Waals surface area (Å²) in [5.74, 6) is -0.726. The Kier molecular flexibility index (Phi) is 4.58. The number of carbonyl (C=O) groups is 1. The number of alkyl halides is 3. The number of aryl methyl sites for hydroxylation is 1. The molecule has 0 aliphatic carbocycles. The van der Waals surface area contributed by atoms with Gasteiger partial charge in [0.1, 0.15) is 11.3 Å². The fourth-order valence-corrected chi connectivity index (χ4v) is 2.24. The van der Waals surface area contributed by atoms with Gasteiger partial charge in [0.15, 0.2) is 0 Å². The third-order valence-electron chi connectivity index (χ3n) is 3.46. The number of nitrogens with one attached hydrogen (secondary N) is 2. The summed E-state index contributed by atoms with van der Waals surface area (Å²) in [5.41, 5.74) is -0.801. The molecule has 2 rings (SSSR count). The lowest BCUT2D eigenvalue weighted by molar-refractivity contribution is -0.141. The Morgan fingerprint density at radius 1 is 1.17 bits per heavy atom. The normalized spacial score (nSPS) is 12.7. The Hall–Kier alpha value is -2.57. The van der Waals surface area contributed by atoms with Crippen LogP contribution in [-0.4, -0.2) is 10.9 Å². The van der Waals surface area contributed by atoms with Crippen LogP contribution in [0.1, 0.15) is 40.1 Å². The zero-order chi connectivity index (χ0) is 17.2. The summed E-state index contributed by atoms with van der Waals surface area (Å²) >= 11 is 0. The number of hydrogen-bond acceptors (Lipinski definition) is 2. The van der Waals surface area contributed by atoms with Gasteiger partial charge in [-0.3, -0.25) is 9.59 Å². The van der Waals surface area contributed by atoms with Gasteiger partial charge < -0.3 is 10.3 Å². The summed E-state index contributed by atoms with van der Waals surface area (Å²) < 4.78 is 37.5. The molecule has 0 radical (unpaired) electrons. The summed E-state index contributed by atoms with van der Waals surface area (Å²) in [5, 5.41) is 2.61. The summed E-state index contributed by atoms with van der Waals surface area (Å²) in [4.78, 5) is 25.5. The highest BCUT2D eigenvalue weighted by molar-refractivity contribution is 5.94. The number of amides is 1. The molecule has 1 aromatic heterocycles. The van der Waals surface area contributed by atoms with Crippen LogP contribution in [0.2, 0.25) is 0 Å². The smallest absolute Gasteiger partial charge is 0.345 e. The highest BCUT2D eigenvalue weighted by Gasteiger charge is 2.32. The highest BCUT2D eigenvalue weighted by Crippen LogP contribution is 2.26.